The highest BCUT2D eigenvalue weighted by Crippen LogP contribution is 2.64. The molecule has 2 N–H and O–H groups in total. The SMILES string of the molecule is CC1(C)C2CCC1(CS(=O)(=O)O)C(=O)C2.Cc1ccc(S(=O)(=O)O)cc1. The van der Waals surface area contributed by atoms with Gasteiger partial charge in [-0.25, -0.2) is 0 Å². The predicted octanol–water partition coefficient (Wildman–Crippen LogP) is 2.51. The van der Waals surface area contributed by atoms with Crippen molar-refractivity contribution in [3.8, 4) is 0 Å². The molecule has 146 valence electrons. The molecule has 0 heterocycles. The van der Waals surface area contributed by atoms with Gasteiger partial charge in [0, 0.05) is 6.42 Å². The maximum absolute atomic E-state index is 11.9. The van der Waals surface area contributed by atoms with E-state index in [0.717, 1.165) is 12.0 Å². The second-order valence-electron chi connectivity index (χ2n) is 7.68. The number of rotatable bonds is 3. The lowest BCUT2D eigenvalue weighted by Gasteiger charge is -2.35. The van der Waals surface area contributed by atoms with Crippen molar-refractivity contribution in [3.05, 3.63) is 29.8 Å². The smallest absolute Gasteiger partial charge is 0.294 e. The summed E-state index contributed by atoms with van der Waals surface area (Å²) >= 11 is 0. The highest BCUT2D eigenvalue weighted by atomic mass is 32.2. The first-order valence-corrected chi connectivity index (χ1v) is 11.3. The molecule has 0 amide bonds. The number of carbonyl (C=O) groups is 1. The number of carbonyl (C=O) groups excluding carboxylic acids is 1. The van der Waals surface area contributed by atoms with E-state index in [4.69, 9.17) is 9.11 Å². The van der Waals surface area contributed by atoms with Crippen LogP contribution < -0.4 is 0 Å². The molecule has 3 rings (SSSR count). The third-order valence-corrected chi connectivity index (χ3v) is 7.61. The molecule has 26 heavy (non-hydrogen) atoms. The quantitative estimate of drug-likeness (QED) is 0.741. The van der Waals surface area contributed by atoms with Crippen LogP contribution in [-0.2, 0) is 25.0 Å². The van der Waals surface area contributed by atoms with E-state index in [1.807, 2.05) is 20.8 Å². The summed E-state index contributed by atoms with van der Waals surface area (Å²) in [5.41, 5.74) is -0.164. The Morgan fingerprint density at radius 1 is 1.08 bits per heavy atom. The summed E-state index contributed by atoms with van der Waals surface area (Å²) in [4.78, 5) is 11.8. The van der Waals surface area contributed by atoms with Gasteiger partial charge in [-0.3, -0.25) is 13.9 Å². The topological polar surface area (TPSA) is 126 Å². The lowest BCUT2D eigenvalue weighted by atomic mass is 9.70. The van der Waals surface area contributed by atoms with Crippen LogP contribution in [0.4, 0.5) is 0 Å². The Kier molecular flexibility index (Phi) is 5.42. The van der Waals surface area contributed by atoms with Gasteiger partial charge in [-0.2, -0.15) is 16.8 Å². The molecule has 0 radical (unpaired) electrons. The normalized spacial score (nSPS) is 27.1. The van der Waals surface area contributed by atoms with Gasteiger partial charge in [0.2, 0.25) is 0 Å². The Labute approximate surface area is 154 Å². The van der Waals surface area contributed by atoms with Gasteiger partial charge in [0.05, 0.1) is 16.1 Å². The minimum Gasteiger partial charge on any atom is -0.299 e. The molecule has 7 nitrogen and oxygen atoms in total. The zero-order valence-corrected chi connectivity index (χ0v) is 16.6. The summed E-state index contributed by atoms with van der Waals surface area (Å²) in [7, 11) is -8.10. The van der Waals surface area contributed by atoms with Crippen LogP contribution in [0.3, 0.4) is 0 Å². The molecule has 2 unspecified atom stereocenters. The van der Waals surface area contributed by atoms with E-state index < -0.39 is 31.4 Å². The first-order valence-electron chi connectivity index (χ1n) is 8.22. The molecule has 2 aliphatic carbocycles. The minimum atomic E-state index is -4.08. The molecule has 1 aromatic rings. The van der Waals surface area contributed by atoms with Crippen molar-refractivity contribution in [1.82, 2.24) is 0 Å². The zero-order valence-electron chi connectivity index (χ0n) is 15.0. The number of aryl methyl sites for hydroxylation is 1. The fourth-order valence-electron chi connectivity index (χ4n) is 4.13. The standard InChI is InChI=1S/C10H16O4S.C7H8O3S/c1-9(2)7-3-4-10(9,8(11)5-7)6-15(12,13)14;1-6-2-4-7(5-3-6)11(8,9)10/h7H,3-6H2,1-2H3,(H,12,13,14);2-5H,1H3,(H,8,9,10). The third-order valence-electron chi connectivity index (χ3n) is 5.89. The Hall–Kier alpha value is -1.29. The number of benzene rings is 1. The minimum absolute atomic E-state index is 0.0152. The van der Waals surface area contributed by atoms with Crippen LogP contribution >= 0.6 is 0 Å². The second-order valence-corrected chi connectivity index (χ2v) is 10.6. The first-order chi connectivity index (χ1) is 11.7. The summed E-state index contributed by atoms with van der Waals surface area (Å²) in [6, 6.07) is 5.99. The molecule has 0 saturated heterocycles. The van der Waals surface area contributed by atoms with Crippen molar-refractivity contribution in [2.75, 3.05) is 5.75 Å². The first kappa shape index (κ1) is 21.0. The molecule has 0 spiro atoms. The van der Waals surface area contributed by atoms with Gasteiger partial charge in [-0.05, 0) is 43.2 Å². The maximum atomic E-state index is 11.9. The molecule has 0 aromatic heterocycles. The van der Waals surface area contributed by atoms with Crippen LogP contribution in [-0.4, -0.2) is 37.5 Å². The monoisotopic (exact) mass is 404 g/mol. The van der Waals surface area contributed by atoms with E-state index in [2.05, 4.69) is 0 Å². The second kappa shape index (κ2) is 6.70. The third kappa shape index (κ3) is 4.00. The van der Waals surface area contributed by atoms with Crippen LogP contribution in [0, 0.1) is 23.7 Å². The van der Waals surface area contributed by atoms with E-state index >= 15 is 0 Å². The van der Waals surface area contributed by atoms with E-state index in [-0.39, 0.29) is 22.0 Å². The molecule has 2 bridgehead atoms. The lowest BCUT2D eigenvalue weighted by molar-refractivity contribution is -0.128. The number of ketones is 1. The van der Waals surface area contributed by atoms with Crippen molar-refractivity contribution in [3.63, 3.8) is 0 Å². The van der Waals surface area contributed by atoms with Crippen molar-refractivity contribution in [2.24, 2.45) is 16.7 Å². The largest absolute Gasteiger partial charge is 0.299 e. The van der Waals surface area contributed by atoms with Gasteiger partial charge in [-0.1, -0.05) is 31.5 Å². The van der Waals surface area contributed by atoms with Crippen molar-refractivity contribution in [1.29, 1.82) is 0 Å². The van der Waals surface area contributed by atoms with Crippen LogP contribution in [0.1, 0.15) is 38.7 Å². The van der Waals surface area contributed by atoms with Gasteiger partial charge < -0.3 is 0 Å². The van der Waals surface area contributed by atoms with Crippen molar-refractivity contribution < 1.29 is 30.7 Å². The van der Waals surface area contributed by atoms with Crippen LogP contribution in [0.2, 0.25) is 0 Å². The fourth-order valence-corrected chi connectivity index (χ4v) is 5.91. The molecule has 0 aliphatic heterocycles. The Morgan fingerprint density at radius 3 is 1.96 bits per heavy atom. The number of hydrogen-bond donors (Lipinski definition) is 2. The average Bonchev–Trinajstić information content (AvgIpc) is 2.79. The molecule has 2 aliphatic rings. The average molecular weight is 405 g/mol. The van der Waals surface area contributed by atoms with E-state index in [0.29, 0.717) is 12.8 Å². The molecule has 2 fully saturated rings. The van der Waals surface area contributed by atoms with E-state index in [9.17, 15) is 21.6 Å². The van der Waals surface area contributed by atoms with Crippen LogP contribution in [0.25, 0.3) is 0 Å². The Balaban J connectivity index is 0.000000197. The summed E-state index contributed by atoms with van der Waals surface area (Å²) in [6.07, 6.45) is 1.97. The van der Waals surface area contributed by atoms with E-state index in [1.54, 1.807) is 12.1 Å². The number of fused-ring (bicyclic) bond motifs is 2. The van der Waals surface area contributed by atoms with Crippen LogP contribution in [0.5, 0.6) is 0 Å². The summed E-state index contributed by atoms with van der Waals surface area (Å²) in [6.45, 7) is 5.73. The molecule has 2 saturated carbocycles. The number of Topliss-reactive ketones (excluding diaryl/α,β-unsaturated/α-hetero) is 1. The summed E-state index contributed by atoms with van der Waals surface area (Å²) in [5.74, 6) is -0.101. The Bertz CT molecular complexity index is 899. The molecule has 9 heteroatoms. The Morgan fingerprint density at radius 2 is 1.62 bits per heavy atom. The molecular weight excluding hydrogens is 380 g/mol. The summed E-state index contributed by atoms with van der Waals surface area (Å²) in [5, 5.41) is 0. The molecule has 2 atom stereocenters. The molecular formula is C17H24O7S2. The molecule has 1 aromatic carbocycles. The van der Waals surface area contributed by atoms with Crippen molar-refractivity contribution in [2.45, 2.75) is 44.9 Å². The van der Waals surface area contributed by atoms with Crippen molar-refractivity contribution >= 4 is 26.0 Å². The number of hydrogen-bond acceptors (Lipinski definition) is 5. The lowest BCUT2D eigenvalue weighted by Crippen LogP contribution is -2.42. The van der Waals surface area contributed by atoms with Gasteiger partial charge in [0.1, 0.15) is 5.78 Å². The van der Waals surface area contributed by atoms with Gasteiger partial charge in [-0.15, -0.1) is 0 Å². The maximum Gasteiger partial charge on any atom is 0.294 e. The van der Waals surface area contributed by atoms with Gasteiger partial charge in [0.15, 0.2) is 0 Å². The van der Waals surface area contributed by atoms with Crippen LogP contribution in [0.15, 0.2) is 29.2 Å². The fraction of sp³-hybridized carbons (Fsp3) is 0.588. The predicted molar refractivity (Wildman–Crippen MR) is 96.0 cm³/mol. The highest BCUT2D eigenvalue weighted by Gasteiger charge is 2.65. The highest BCUT2D eigenvalue weighted by molar-refractivity contribution is 7.86. The van der Waals surface area contributed by atoms with Gasteiger partial charge in [0.25, 0.3) is 20.2 Å². The summed E-state index contributed by atoms with van der Waals surface area (Å²) < 4.78 is 60.5. The van der Waals surface area contributed by atoms with Gasteiger partial charge >= 0.3 is 0 Å². The zero-order chi connectivity index (χ0) is 20.0. The van der Waals surface area contributed by atoms with E-state index in [1.165, 1.54) is 12.1 Å².